The summed E-state index contributed by atoms with van der Waals surface area (Å²) in [6.45, 7) is 2.77. The van der Waals surface area contributed by atoms with Crippen molar-refractivity contribution >= 4 is 34.7 Å². The van der Waals surface area contributed by atoms with Gasteiger partial charge in [0.05, 0.1) is 5.69 Å². The third-order valence-electron chi connectivity index (χ3n) is 4.31. The second kappa shape index (κ2) is 6.22. The summed E-state index contributed by atoms with van der Waals surface area (Å²) in [7, 11) is 1.62. The molecule has 3 N–H and O–H groups in total. The number of aryl methyl sites for hydroxylation is 1. The van der Waals surface area contributed by atoms with Crippen LogP contribution in [0.4, 0.5) is 5.82 Å². The monoisotopic (exact) mass is 350 g/mol. The minimum atomic E-state index is -0.151. The van der Waals surface area contributed by atoms with Gasteiger partial charge in [0.25, 0.3) is 5.91 Å². The maximum atomic E-state index is 11.9. The Balaban J connectivity index is 1.79. The summed E-state index contributed by atoms with van der Waals surface area (Å²) < 4.78 is 0. The summed E-state index contributed by atoms with van der Waals surface area (Å²) in [5.41, 5.74) is 5.39. The molecule has 2 aromatic heterocycles. The van der Waals surface area contributed by atoms with Crippen LogP contribution in [0.1, 0.15) is 25.8 Å². The van der Waals surface area contributed by atoms with E-state index in [0.29, 0.717) is 5.01 Å². The van der Waals surface area contributed by atoms with E-state index in [9.17, 15) is 4.79 Å². The van der Waals surface area contributed by atoms with Gasteiger partial charge in [-0.2, -0.15) is 0 Å². The van der Waals surface area contributed by atoms with Gasteiger partial charge in [-0.1, -0.05) is 30.3 Å². The largest absolute Gasteiger partial charge is 0.367 e. The van der Waals surface area contributed by atoms with Crippen LogP contribution in [-0.4, -0.2) is 29.5 Å². The Bertz CT molecular complexity index is 969. The number of thiazole rings is 1. The lowest BCUT2D eigenvalue weighted by Gasteiger charge is -2.17. The van der Waals surface area contributed by atoms with Gasteiger partial charge in [0.2, 0.25) is 0 Å². The number of carbonyl (C=O) groups is 1. The number of carbonyl (C=O) groups excluding carboxylic acids is 1. The highest BCUT2D eigenvalue weighted by atomic mass is 32.1. The molecule has 5 nitrogen and oxygen atoms in total. The van der Waals surface area contributed by atoms with Crippen LogP contribution in [0.5, 0.6) is 0 Å². The first-order chi connectivity index (χ1) is 12.2. The molecular formula is C19H18N4OS. The number of fused-ring (bicyclic) bond motifs is 1. The van der Waals surface area contributed by atoms with Crippen LogP contribution in [0.25, 0.3) is 22.9 Å². The molecule has 0 fully saturated rings. The Morgan fingerprint density at radius 1 is 1.28 bits per heavy atom. The highest BCUT2D eigenvalue weighted by Crippen LogP contribution is 2.37. The predicted octanol–water partition coefficient (Wildman–Crippen LogP) is 3.77. The number of benzene rings is 1. The molecule has 1 aromatic carbocycles. The molecule has 3 aromatic rings. The van der Waals surface area contributed by atoms with E-state index in [-0.39, 0.29) is 5.91 Å². The second-order valence-corrected chi connectivity index (χ2v) is 7.09. The Morgan fingerprint density at radius 2 is 2.08 bits per heavy atom. The van der Waals surface area contributed by atoms with Crippen LogP contribution in [-0.2, 0) is 0 Å². The number of anilines is 1. The summed E-state index contributed by atoms with van der Waals surface area (Å²) in [5, 5.41) is 6.56. The minimum Gasteiger partial charge on any atom is -0.367 e. The van der Waals surface area contributed by atoms with Gasteiger partial charge < -0.3 is 15.6 Å². The maximum Gasteiger partial charge on any atom is 0.280 e. The second-order valence-electron chi connectivity index (χ2n) is 5.88. The number of hydrogen-bond donors (Lipinski definition) is 3. The van der Waals surface area contributed by atoms with E-state index in [1.165, 1.54) is 22.5 Å². The Kier molecular flexibility index (Phi) is 3.89. The van der Waals surface area contributed by atoms with Crippen molar-refractivity contribution < 1.29 is 4.79 Å². The lowest BCUT2D eigenvalue weighted by Crippen LogP contribution is -2.17. The van der Waals surface area contributed by atoms with Crippen molar-refractivity contribution in [3.05, 3.63) is 57.5 Å². The number of nitrogens with one attached hydrogen (secondary N) is 3. The molecule has 1 aliphatic heterocycles. The van der Waals surface area contributed by atoms with Crippen molar-refractivity contribution in [2.45, 2.75) is 6.92 Å². The van der Waals surface area contributed by atoms with Crippen molar-refractivity contribution in [3.63, 3.8) is 0 Å². The van der Waals surface area contributed by atoms with E-state index >= 15 is 0 Å². The molecule has 126 valence electrons. The number of amides is 1. The first kappa shape index (κ1) is 15.7. The number of nitrogens with zero attached hydrogens (tertiary/aromatic N) is 1. The molecule has 25 heavy (non-hydrogen) atoms. The number of aromatic amines is 1. The topological polar surface area (TPSA) is 69.8 Å². The highest BCUT2D eigenvalue weighted by Gasteiger charge is 2.21. The fraction of sp³-hybridized carbons (Fsp3) is 0.158. The Morgan fingerprint density at radius 3 is 2.84 bits per heavy atom. The quantitative estimate of drug-likeness (QED) is 0.673. The van der Waals surface area contributed by atoms with Gasteiger partial charge in [-0.05, 0) is 24.1 Å². The third kappa shape index (κ3) is 2.74. The average molecular weight is 350 g/mol. The van der Waals surface area contributed by atoms with E-state index in [1.54, 1.807) is 7.05 Å². The first-order valence-electron chi connectivity index (χ1n) is 8.08. The van der Waals surface area contributed by atoms with Crippen LogP contribution in [0, 0.1) is 6.92 Å². The first-order valence-corrected chi connectivity index (χ1v) is 8.90. The van der Waals surface area contributed by atoms with E-state index in [0.717, 1.165) is 34.1 Å². The molecule has 0 saturated carbocycles. The Labute approximate surface area is 149 Å². The van der Waals surface area contributed by atoms with Gasteiger partial charge in [-0.15, -0.1) is 11.3 Å². The van der Waals surface area contributed by atoms with Crippen LogP contribution >= 0.6 is 11.3 Å². The summed E-state index contributed by atoms with van der Waals surface area (Å²) in [5.74, 6) is 0.839. The maximum absolute atomic E-state index is 11.9. The highest BCUT2D eigenvalue weighted by molar-refractivity contribution is 7.14. The summed E-state index contributed by atoms with van der Waals surface area (Å²) >= 11 is 1.41. The molecule has 1 aliphatic rings. The molecule has 4 rings (SSSR count). The SMILES string of the molecule is CNC(=O)c1nc(-c2c[nH]c3c2C=C(c2ccccc2)CN3)c(C)s1. The number of hydrogen-bond acceptors (Lipinski definition) is 4. The van der Waals surface area contributed by atoms with Crippen molar-refractivity contribution in [2.75, 3.05) is 18.9 Å². The van der Waals surface area contributed by atoms with Crippen LogP contribution < -0.4 is 10.6 Å². The summed E-state index contributed by atoms with van der Waals surface area (Å²) in [4.78, 5) is 20.8. The molecule has 1 amide bonds. The van der Waals surface area contributed by atoms with Gasteiger partial charge in [0, 0.05) is 35.8 Å². The number of H-pyrrole nitrogens is 1. The van der Waals surface area contributed by atoms with E-state index in [4.69, 9.17) is 0 Å². The predicted molar refractivity (Wildman–Crippen MR) is 103 cm³/mol. The van der Waals surface area contributed by atoms with Crippen LogP contribution in [0.2, 0.25) is 0 Å². The van der Waals surface area contributed by atoms with Gasteiger partial charge in [-0.3, -0.25) is 4.79 Å². The summed E-state index contributed by atoms with van der Waals surface area (Å²) in [6.07, 6.45) is 4.16. The van der Waals surface area contributed by atoms with Gasteiger partial charge in [0.1, 0.15) is 5.82 Å². The van der Waals surface area contributed by atoms with E-state index < -0.39 is 0 Å². The molecule has 0 spiro atoms. The standard InChI is InChI=1S/C19H18N4OS/c1-11-16(23-19(25-11)18(24)20-2)15-10-22-17-14(15)8-13(9-21-17)12-6-4-3-5-7-12/h3-8,10,21-22H,9H2,1-2H3,(H,20,24). The fourth-order valence-corrected chi connectivity index (χ4v) is 3.90. The van der Waals surface area contributed by atoms with Gasteiger partial charge >= 0.3 is 0 Å². The van der Waals surface area contributed by atoms with Crippen molar-refractivity contribution in [3.8, 4) is 11.3 Å². The molecule has 0 aliphatic carbocycles. The molecule has 0 bridgehead atoms. The smallest absolute Gasteiger partial charge is 0.280 e. The van der Waals surface area contributed by atoms with Crippen molar-refractivity contribution in [1.82, 2.24) is 15.3 Å². The molecular weight excluding hydrogens is 332 g/mol. The number of rotatable bonds is 3. The van der Waals surface area contributed by atoms with E-state index in [2.05, 4.69) is 38.8 Å². The lowest BCUT2D eigenvalue weighted by atomic mass is 9.98. The zero-order valence-corrected chi connectivity index (χ0v) is 14.8. The molecule has 3 heterocycles. The lowest BCUT2D eigenvalue weighted by molar-refractivity contribution is 0.0963. The molecule has 0 unspecified atom stereocenters. The van der Waals surface area contributed by atoms with Crippen molar-refractivity contribution in [1.29, 1.82) is 0 Å². The normalized spacial score (nSPS) is 13.0. The Hall–Kier alpha value is -2.86. The van der Waals surface area contributed by atoms with E-state index in [1.807, 2.05) is 31.3 Å². The zero-order chi connectivity index (χ0) is 17.4. The third-order valence-corrected chi connectivity index (χ3v) is 5.28. The van der Waals surface area contributed by atoms with Gasteiger partial charge in [0.15, 0.2) is 5.01 Å². The molecule has 0 saturated heterocycles. The zero-order valence-electron chi connectivity index (χ0n) is 14.0. The van der Waals surface area contributed by atoms with Gasteiger partial charge in [-0.25, -0.2) is 4.98 Å². The molecule has 6 heteroatoms. The molecule has 0 atom stereocenters. The fourth-order valence-electron chi connectivity index (χ4n) is 3.02. The molecule has 0 radical (unpaired) electrons. The average Bonchev–Trinajstić information content (AvgIpc) is 3.24. The van der Waals surface area contributed by atoms with Crippen LogP contribution in [0.15, 0.2) is 36.5 Å². The summed E-state index contributed by atoms with van der Waals surface area (Å²) in [6, 6.07) is 10.3. The van der Waals surface area contributed by atoms with Crippen molar-refractivity contribution in [2.24, 2.45) is 0 Å². The minimum absolute atomic E-state index is 0.151. The van der Waals surface area contributed by atoms with Crippen LogP contribution in [0.3, 0.4) is 0 Å². The number of aromatic nitrogens is 2.